The molecule has 134 valence electrons. The number of anilines is 2. The van der Waals surface area contributed by atoms with Gasteiger partial charge in [-0.25, -0.2) is 9.78 Å². The molecule has 5 N–H and O–H groups in total. The van der Waals surface area contributed by atoms with Gasteiger partial charge in [-0.2, -0.15) is 10.2 Å². The van der Waals surface area contributed by atoms with Crippen LogP contribution in [-0.4, -0.2) is 39.7 Å². The summed E-state index contributed by atoms with van der Waals surface area (Å²) in [5.74, 6) is -2.13. The molecule has 0 bridgehead atoms. The number of aromatic nitrogens is 2. The van der Waals surface area contributed by atoms with Gasteiger partial charge in [0.15, 0.2) is 18.1 Å². The molecule has 2 rings (SSSR count). The molecule has 2 aromatic rings. The molecule has 12 nitrogen and oxygen atoms in total. The van der Waals surface area contributed by atoms with Crippen molar-refractivity contribution >= 4 is 23.4 Å². The van der Waals surface area contributed by atoms with Crippen LogP contribution in [0.3, 0.4) is 0 Å². The molecular formula is C14H12N6O6. The summed E-state index contributed by atoms with van der Waals surface area (Å²) in [6, 6.07) is 3.87. The highest BCUT2D eigenvalue weighted by molar-refractivity contribution is 5.81. The number of ether oxygens (including phenoxy) is 2. The van der Waals surface area contributed by atoms with Crippen molar-refractivity contribution in [2.45, 2.75) is 0 Å². The molecule has 12 heteroatoms. The molecule has 0 atom stereocenters. The summed E-state index contributed by atoms with van der Waals surface area (Å²) >= 11 is 0. The quantitative estimate of drug-likeness (QED) is 0.480. The number of rotatable bonds is 6. The first-order valence-corrected chi connectivity index (χ1v) is 6.83. The number of carbonyl (C=O) groups is 1. The van der Waals surface area contributed by atoms with Crippen molar-refractivity contribution in [3.63, 3.8) is 0 Å². The molecule has 1 heterocycles. The number of benzene rings is 1. The van der Waals surface area contributed by atoms with E-state index in [4.69, 9.17) is 26.0 Å². The Bertz CT molecular complexity index is 939. The molecule has 0 saturated carbocycles. The minimum absolute atomic E-state index is 0.0883. The Morgan fingerprint density at radius 1 is 1.42 bits per heavy atom. The van der Waals surface area contributed by atoms with Gasteiger partial charge in [0, 0.05) is 6.07 Å². The van der Waals surface area contributed by atoms with Gasteiger partial charge in [-0.3, -0.25) is 10.1 Å². The third kappa shape index (κ3) is 3.51. The van der Waals surface area contributed by atoms with Crippen LogP contribution in [0.15, 0.2) is 12.1 Å². The van der Waals surface area contributed by atoms with Gasteiger partial charge >= 0.3 is 5.97 Å². The molecule has 0 unspecified atom stereocenters. The number of nitrogens with two attached hydrogens (primary N) is 2. The Morgan fingerprint density at radius 3 is 2.65 bits per heavy atom. The Labute approximate surface area is 145 Å². The summed E-state index contributed by atoms with van der Waals surface area (Å²) in [6.07, 6.45) is 0. The van der Waals surface area contributed by atoms with Crippen molar-refractivity contribution in [2.75, 3.05) is 25.2 Å². The van der Waals surface area contributed by atoms with Gasteiger partial charge in [0.25, 0.3) is 5.69 Å². The zero-order valence-corrected chi connectivity index (χ0v) is 13.3. The van der Waals surface area contributed by atoms with Gasteiger partial charge < -0.3 is 26.0 Å². The molecule has 26 heavy (non-hydrogen) atoms. The first-order chi connectivity index (χ1) is 12.3. The predicted molar refractivity (Wildman–Crippen MR) is 87.3 cm³/mol. The lowest BCUT2D eigenvalue weighted by Crippen LogP contribution is -2.12. The minimum Gasteiger partial charge on any atom is -0.493 e. The van der Waals surface area contributed by atoms with E-state index in [0.717, 1.165) is 12.1 Å². The van der Waals surface area contributed by atoms with Crippen LogP contribution in [0.25, 0.3) is 11.3 Å². The summed E-state index contributed by atoms with van der Waals surface area (Å²) in [4.78, 5) is 28.9. The predicted octanol–water partition coefficient (Wildman–Crippen LogP) is 0.560. The normalized spacial score (nSPS) is 10.0. The van der Waals surface area contributed by atoms with Gasteiger partial charge in [-0.15, -0.1) is 0 Å². The molecule has 0 amide bonds. The van der Waals surface area contributed by atoms with Gasteiger partial charge in [-0.05, 0) is 0 Å². The number of carboxylic acids is 1. The smallest absolute Gasteiger partial charge is 0.341 e. The van der Waals surface area contributed by atoms with Crippen molar-refractivity contribution in [1.29, 1.82) is 5.26 Å². The van der Waals surface area contributed by atoms with Crippen molar-refractivity contribution in [2.24, 2.45) is 0 Å². The Hall–Kier alpha value is -4.14. The molecular weight excluding hydrogens is 348 g/mol. The van der Waals surface area contributed by atoms with E-state index in [1.54, 1.807) is 6.07 Å². The van der Waals surface area contributed by atoms with Crippen LogP contribution in [0, 0.1) is 21.4 Å². The number of methoxy groups -OCH3 is 1. The third-order valence-corrected chi connectivity index (χ3v) is 3.13. The molecule has 0 radical (unpaired) electrons. The average Bonchev–Trinajstić information content (AvgIpc) is 2.58. The van der Waals surface area contributed by atoms with E-state index in [-0.39, 0.29) is 40.1 Å². The van der Waals surface area contributed by atoms with Gasteiger partial charge in [0.05, 0.1) is 29.4 Å². The molecule has 1 aromatic heterocycles. The maximum Gasteiger partial charge on any atom is 0.341 e. The fraction of sp³-hybridized carbons (Fsp3) is 0.143. The molecule has 0 fully saturated rings. The zero-order valence-electron chi connectivity index (χ0n) is 13.3. The van der Waals surface area contributed by atoms with Crippen LogP contribution >= 0.6 is 0 Å². The average molecular weight is 360 g/mol. The number of non-ortho nitro benzene ring substituents is 1. The number of hydrogen-bond donors (Lipinski definition) is 3. The molecule has 0 aliphatic carbocycles. The second-order valence-corrected chi connectivity index (χ2v) is 4.77. The number of aliphatic carboxylic acids is 1. The van der Waals surface area contributed by atoms with E-state index in [1.165, 1.54) is 7.11 Å². The first kappa shape index (κ1) is 18.2. The molecule has 0 aliphatic heterocycles. The molecule has 0 aliphatic rings. The van der Waals surface area contributed by atoms with Crippen molar-refractivity contribution in [3.8, 4) is 28.8 Å². The lowest BCUT2D eigenvalue weighted by Gasteiger charge is -2.15. The zero-order chi connectivity index (χ0) is 19.4. The Kier molecular flexibility index (Phi) is 5.02. The molecule has 0 spiro atoms. The van der Waals surface area contributed by atoms with Crippen molar-refractivity contribution in [1.82, 2.24) is 9.97 Å². The summed E-state index contributed by atoms with van der Waals surface area (Å²) in [5, 5.41) is 29.3. The maximum atomic E-state index is 11.2. The number of nitrogens with zero attached hydrogens (tertiary/aromatic N) is 4. The maximum absolute atomic E-state index is 11.2. The largest absolute Gasteiger partial charge is 0.493 e. The minimum atomic E-state index is -1.29. The SMILES string of the molecule is COc1cc([N+](=O)[O-])cc(-c2nc(N)nc(N)c2C#N)c1OCC(=O)O. The van der Waals surface area contributed by atoms with Crippen LogP contribution < -0.4 is 20.9 Å². The second kappa shape index (κ2) is 7.18. The highest BCUT2D eigenvalue weighted by atomic mass is 16.6. The summed E-state index contributed by atoms with van der Waals surface area (Å²) < 4.78 is 10.2. The summed E-state index contributed by atoms with van der Waals surface area (Å²) in [5.41, 5.74) is 10.4. The first-order valence-electron chi connectivity index (χ1n) is 6.83. The van der Waals surface area contributed by atoms with Gasteiger partial charge in [0.1, 0.15) is 17.5 Å². The highest BCUT2D eigenvalue weighted by Crippen LogP contribution is 2.42. The fourth-order valence-electron chi connectivity index (χ4n) is 2.10. The van der Waals surface area contributed by atoms with E-state index >= 15 is 0 Å². The highest BCUT2D eigenvalue weighted by Gasteiger charge is 2.25. The topological polar surface area (TPSA) is 201 Å². The van der Waals surface area contributed by atoms with Gasteiger partial charge in [0.2, 0.25) is 5.95 Å². The number of nitriles is 1. The number of nitro groups is 1. The van der Waals surface area contributed by atoms with E-state index in [1.807, 2.05) is 0 Å². The van der Waals surface area contributed by atoms with Gasteiger partial charge in [-0.1, -0.05) is 0 Å². The Balaban J connectivity index is 2.85. The standard InChI is InChI=1S/C14H12N6O6/c1-25-9-3-6(20(23)24)2-7(12(9)26-5-10(21)22)11-8(4-15)13(16)19-14(17)18-11/h2-3H,5H2,1H3,(H,21,22)(H4,16,17,18,19). The number of carboxylic acid groups (broad SMARTS) is 1. The van der Waals surface area contributed by atoms with Crippen molar-refractivity contribution < 1.29 is 24.3 Å². The van der Waals surface area contributed by atoms with Crippen LogP contribution in [-0.2, 0) is 4.79 Å². The van der Waals surface area contributed by atoms with E-state index < -0.39 is 23.2 Å². The van der Waals surface area contributed by atoms with E-state index in [9.17, 15) is 20.2 Å². The molecule has 0 saturated heterocycles. The third-order valence-electron chi connectivity index (χ3n) is 3.13. The second-order valence-electron chi connectivity index (χ2n) is 4.77. The van der Waals surface area contributed by atoms with Crippen LogP contribution in [0.5, 0.6) is 11.5 Å². The number of nitro benzene ring substituents is 1. The van der Waals surface area contributed by atoms with Crippen LogP contribution in [0.2, 0.25) is 0 Å². The monoisotopic (exact) mass is 360 g/mol. The Morgan fingerprint density at radius 2 is 2.12 bits per heavy atom. The fourth-order valence-corrected chi connectivity index (χ4v) is 2.10. The van der Waals surface area contributed by atoms with E-state index in [0.29, 0.717) is 0 Å². The molecule has 1 aromatic carbocycles. The van der Waals surface area contributed by atoms with E-state index in [2.05, 4.69) is 9.97 Å². The van der Waals surface area contributed by atoms with Crippen LogP contribution in [0.4, 0.5) is 17.5 Å². The summed E-state index contributed by atoms with van der Waals surface area (Å²) in [7, 11) is 1.21. The number of hydrogen-bond acceptors (Lipinski definition) is 10. The number of nitrogen functional groups attached to an aromatic ring is 2. The van der Waals surface area contributed by atoms with Crippen molar-refractivity contribution in [3.05, 3.63) is 27.8 Å². The van der Waals surface area contributed by atoms with Crippen LogP contribution in [0.1, 0.15) is 5.56 Å². The lowest BCUT2D eigenvalue weighted by atomic mass is 10.0. The lowest BCUT2D eigenvalue weighted by molar-refractivity contribution is -0.384. The summed E-state index contributed by atoms with van der Waals surface area (Å²) in [6.45, 7) is -0.765.